The predicted octanol–water partition coefficient (Wildman–Crippen LogP) is 3.57. The van der Waals surface area contributed by atoms with E-state index in [2.05, 4.69) is 0 Å². The van der Waals surface area contributed by atoms with Gasteiger partial charge in [0.25, 0.3) is 5.95 Å². The smallest absolute Gasteiger partial charge is 0.345 e. The average molecular weight is 268 g/mol. The van der Waals surface area contributed by atoms with Gasteiger partial charge in [-0.05, 0) is 24.1 Å². The van der Waals surface area contributed by atoms with E-state index in [1.54, 1.807) is 30.3 Å². The van der Waals surface area contributed by atoms with E-state index in [4.69, 9.17) is 9.47 Å². The molecule has 0 N–H and O–H groups in total. The maximum Gasteiger partial charge on any atom is 0.345 e. The summed E-state index contributed by atoms with van der Waals surface area (Å²) in [6.07, 6.45) is 2.39. The molecule has 3 nitrogen and oxygen atoms in total. The number of benzene rings is 2. The van der Waals surface area contributed by atoms with Crippen molar-refractivity contribution in [2.24, 2.45) is 0 Å². The van der Waals surface area contributed by atoms with E-state index in [1.165, 1.54) is 7.11 Å². The Bertz CT molecular complexity index is 574. The van der Waals surface area contributed by atoms with E-state index in [-0.39, 0.29) is 5.95 Å². The van der Waals surface area contributed by atoms with Crippen LogP contribution < -0.4 is 0 Å². The molecule has 20 heavy (non-hydrogen) atoms. The summed E-state index contributed by atoms with van der Waals surface area (Å²) in [4.78, 5) is 11.9. The maximum atomic E-state index is 11.9. The molecule has 0 fully saturated rings. The van der Waals surface area contributed by atoms with Crippen LogP contribution in [0.3, 0.4) is 0 Å². The highest BCUT2D eigenvalue weighted by Gasteiger charge is 2.09. The number of allylic oxidation sites excluding steroid dienone is 1. The molecule has 0 atom stereocenters. The van der Waals surface area contributed by atoms with Crippen molar-refractivity contribution in [2.75, 3.05) is 7.11 Å². The molecule has 0 spiro atoms. The number of methoxy groups -OCH3 is 1. The van der Waals surface area contributed by atoms with Crippen molar-refractivity contribution in [3.63, 3.8) is 0 Å². The summed E-state index contributed by atoms with van der Waals surface area (Å²) in [6, 6.07) is 18.7. The van der Waals surface area contributed by atoms with Gasteiger partial charge >= 0.3 is 5.97 Å². The lowest BCUT2D eigenvalue weighted by Crippen LogP contribution is -2.06. The molecule has 0 saturated heterocycles. The molecule has 0 bridgehead atoms. The molecule has 0 radical (unpaired) electrons. The third-order valence-electron chi connectivity index (χ3n) is 2.75. The third-order valence-corrected chi connectivity index (χ3v) is 2.75. The molecular weight excluding hydrogens is 252 g/mol. The Balaban J connectivity index is 2.00. The Morgan fingerprint density at radius 1 is 1.00 bits per heavy atom. The lowest BCUT2D eigenvalue weighted by atomic mass is 10.1. The van der Waals surface area contributed by atoms with Crippen molar-refractivity contribution in [3.8, 4) is 0 Å². The minimum Gasteiger partial charge on any atom is -0.469 e. The Labute approximate surface area is 118 Å². The molecule has 2 rings (SSSR count). The molecule has 0 amide bonds. The predicted molar refractivity (Wildman–Crippen MR) is 77.1 cm³/mol. The largest absolute Gasteiger partial charge is 0.469 e. The van der Waals surface area contributed by atoms with Crippen LogP contribution in [-0.2, 0) is 15.9 Å². The number of carbonyl (C=O) groups is 1. The molecule has 0 aliphatic heterocycles. The van der Waals surface area contributed by atoms with Gasteiger partial charge in [-0.25, -0.2) is 4.79 Å². The minimum atomic E-state index is -0.424. The Morgan fingerprint density at radius 2 is 1.60 bits per heavy atom. The van der Waals surface area contributed by atoms with Crippen molar-refractivity contribution in [3.05, 3.63) is 83.8 Å². The fraction of sp³-hybridized carbons (Fsp3) is 0.118. The lowest BCUT2D eigenvalue weighted by Gasteiger charge is -2.07. The maximum absolute atomic E-state index is 11.9. The van der Waals surface area contributed by atoms with Gasteiger partial charge in [-0.1, -0.05) is 48.5 Å². The normalized spacial score (nSPS) is 10.9. The molecular formula is C17H16O3. The van der Waals surface area contributed by atoms with E-state index >= 15 is 0 Å². The van der Waals surface area contributed by atoms with Crippen molar-refractivity contribution < 1.29 is 14.3 Å². The van der Waals surface area contributed by atoms with Gasteiger partial charge in [0.15, 0.2) is 0 Å². The Hall–Kier alpha value is -2.55. The standard InChI is InChI=1S/C17H16O3/c1-19-16(13-12-14-8-4-2-5-9-14)20-17(18)15-10-6-3-7-11-15/h2-11,13H,12H2,1H3/b16-13+. The zero-order chi connectivity index (χ0) is 14.2. The van der Waals surface area contributed by atoms with Crippen LogP contribution in [0.5, 0.6) is 0 Å². The number of hydrogen-bond acceptors (Lipinski definition) is 3. The van der Waals surface area contributed by atoms with Crippen LogP contribution in [-0.4, -0.2) is 13.1 Å². The van der Waals surface area contributed by atoms with Gasteiger partial charge in [-0.3, -0.25) is 0 Å². The van der Waals surface area contributed by atoms with E-state index in [0.29, 0.717) is 12.0 Å². The van der Waals surface area contributed by atoms with E-state index in [9.17, 15) is 4.79 Å². The van der Waals surface area contributed by atoms with Gasteiger partial charge in [0.2, 0.25) is 0 Å². The second kappa shape index (κ2) is 7.14. The highest BCUT2D eigenvalue weighted by Crippen LogP contribution is 2.09. The molecule has 0 heterocycles. The molecule has 0 aliphatic rings. The quantitative estimate of drug-likeness (QED) is 0.614. The third kappa shape index (κ3) is 3.99. The summed E-state index contributed by atoms with van der Waals surface area (Å²) >= 11 is 0. The zero-order valence-corrected chi connectivity index (χ0v) is 11.3. The van der Waals surface area contributed by atoms with Crippen LogP contribution in [0.1, 0.15) is 15.9 Å². The first-order valence-corrected chi connectivity index (χ1v) is 6.35. The van der Waals surface area contributed by atoms with Crippen molar-refractivity contribution in [2.45, 2.75) is 6.42 Å². The summed E-state index contributed by atoms with van der Waals surface area (Å²) < 4.78 is 10.3. The number of ether oxygens (including phenoxy) is 2. The van der Waals surface area contributed by atoms with E-state index in [1.807, 2.05) is 36.4 Å². The molecule has 2 aromatic rings. The molecule has 3 heteroatoms. The van der Waals surface area contributed by atoms with Gasteiger partial charge in [-0.2, -0.15) is 0 Å². The first-order valence-electron chi connectivity index (χ1n) is 6.35. The van der Waals surface area contributed by atoms with Crippen molar-refractivity contribution in [1.29, 1.82) is 0 Å². The van der Waals surface area contributed by atoms with Crippen LogP contribution in [0.2, 0.25) is 0 Å². The van der Waals surface area contributed by atoms with Crippen molar-refractivity contribution in [1.82, 2.24) is 0 Å². The first kappa shape index (κ1) is 13.9. The van der Waals surface area contributed by atoms with Gasteiger partial charge < -0.3 is 9.47 Å². The lowest BCUT2D eigenvalue weighted by molar-refractivity contribution is 0.0358. The van der Waals surface area contributed by atoms with E-state index < -0.39 is 5.97 Å². The summed E-state index contributed by atoms with van der Waals surface area (Å²) in [7, 11) is 1.48. The monoisotopic (exact) mass is 268 g/mol. The van der Waals surface area contributed by atoms with E-state index in [0.717, 1.165) is 5.56 Å². The second-order valence-electron chi connectivity index (χ2n) is 4.17. The average Bonchev–Trinajstić information content (AvgIpc) is 2.53. The fourth-order valence-electron chi connectivity index (χ4n) is 1.71. The number of esters is 1. The molecule has 0 saturated carbocycles. The Kier molecular flexibility index (Phi) is 4.95. The highest BCUT2D eigenvalue weighted by molar-refractivity contribution is 5.89. The van der Waals surface area contributed by atoms with Gasteiger partial charge in [-0.15, -0.1) is 0 Å². The van der Waals surface area contributed by atoms with Crippen LogP contribution in [0.15, 0.2) is 72.7 Å². The molecule has 0 unspecified atom stereocenters. The summed E-state index contributed by atoms with van der Waals surface area (Å²) in [5.74, 6) is -0.213. The molecule has 0 aliphatic carbocycles. The summed E-state index contributed by atoms with van der Waals surface area (Å²) in [5, 5.41) is 0. The number of hydrogen-bond donors (Lipinski definition) is 0. The SMILES string of the molecule is CO/C(=C\Cc1ccccc1)OC(=O)c1ccccc1. The Morgan fingerprint density at radius 3 is 2.20 bits per heavy atom. The molecule has 0 aromatic heterocycles. The minimum absolute atomic E-state index is 0.211. The van der Waals surface area contributed by atoms with Crippen LogP contribution in [0.4, 0.5) is 0 Å². The zero-order valence-electron chi connectivity index (χ0n) is 11.3. The molecule has 102 valence electrons. The van der Waals surface area contributed by atoms with Crippen LogP contribution >= 0.6 is 0 Å². The summed E-state index contributed by atoms with van der Waals surface area (Å²) in [5.41, 5.74) is 1.62. The van der Waals surface area contributed by atoms with Gasteiger partial charge in [0, 0.05) is 6.08 Å². The summed E-state index contributed by atoms with van der Waals surface area (Å²) in [6.45, 7) is 0. The first-order chi connectivity index (χ1) is 9.79. The highest BCUT2D eigenvalue weighted by atomic mass is 16.7. The molecule has 2 aromatic carbocycles. The van der Waals surface area contributed by atoms with Crippen LogP contribution in [0, 0.1) is 0 Å². The van der Waals surface area contributed by atoms with Gasteiger partial charge in [0.1, 0.15) is 0 Å². The number of rotatable bonds is 5. The topological polar surface area (TPSA) is 35.5 Å². The second-order valence-corrected chi connectivity index (χ2v) is 4.17. The fourth-order valence-corrected chi connectivity index (χ4v) is 1.71. The van der Waals surface area contributed by atoms with Crippen molar-refractivity contribution >= 4 is 5.97 Å². The van der Waals surface area contributed by atoms with Gasteiger partial charge in [0.05, 0.1) is 12.7 Å². The van der Waals surface area contributed by atoms with Crippen LogP contribution in [0.25, 0.3) is 0 Å². The number of carbonyl (C=O) groups excluding carboxylic acids is 1.